The molecule has 0 saturated heterocycles. The molecule has 0 aliphatic heterocycles. The summed E-state index contributed by atoms with van der Waals surface area (Å²) in [5.41, 5.74) is 13.3. The van der Waals surface area contributed by atoms with Crippen LogP contribution in [-0.4, -0.2) is 0 Å². The van der Waals surface area contributed by atoms with Crippen LogP contribution in [0.25, 0.3) is 17.2 Å². The van der Waals surface area contributed by atoms with Crippen molar-refractivity contribution in [2.24, 2.45) is 0 Å². The third-order valence-corrected chi connectivity index (χ3v) is 6.83. The van der Waals surface area contributed by atoms with Crippen LogP contribution in [0.15, 0.2) is 91.5 Å². The first-order chi connectivity index (χ1) is 15.3. The second kappa shape index (κ2) is 7.28. The predicted octanol–water partition coefficient (Wildman–Crippen LogP) is 7.66. The van der Waals surface area contributed by atoms with Crippen LogP contribution in [0.5, 0.6) is 0 Å². The summed E-state index contributed by atoms with van der Waals surface area (Å²) >= 11 is 0. The monoisotopic (exact) mass is 399 g/mol. The highest BCUT2D eigenvalue weighted by Crippen LogP contribution is 2.40. The molecule has 31 heavy (non-hydrogen) atoms. The van der Waals surface area contributed by atoms with Gasteiger partial charge in [0.05, 0.1) is 0 Å². The lowest BCUT2D eigenvalue weighted by Crippen LogP contribution is -2.15. The van der Waals surface area contributed by atoms with Gasteiger partial charge in [0.15, 0.2) is 0 Å². The van der Waals surface area contributed by atoms with Crippen LogP contribution in [-0.2, 0) is 25.7 Å². The fraction of sp³-hybridized carbons (Fsp3) is 0.133. The highest BCUT2D eigenvalue weighted by Gasteiger charge is 2.20. The van der Waals surface area contributed by atoms with Crippen molar-refractivity contribution in [3.05, 3.63) is 119 Å². The zero-order valence-corrected chi connectivity index (χ0v) is 17.6. The van der Waals surface area contributed by atoms with E-state index in [1.165, 1.54) is 76.1 Å². The van der Waals surface area contributed by atoms with Gasteiger partial charge in [0.25, 0.3) is 0 Å². The number of anilines is 3. The summed E-state index contributed by atoms with van der Waals surface area (Å²) in [6.07, 6.45) is 6.71. The second-order valence-corrected chi connectivity index (χ2v) is 8.61. The van der Waals surface area contributed by atoms with E-state index in [2.05, 4.69) is 96.4 Å². The molecule has 2 aliphatic carbocycles. The first kappa shape index (κ1) is 18.2. The number of aryl methyl sites for hydroxylation is 4. The molecule has 0 saturated carbocycles. The van der Waals surface area contributed by atoms with Crippen LogP contribution in [0.2, 0.25) is 0 Å². The smallest absolute Gasteiger partial charge is 0.0464 e. The van der Waals surface area contributed by atoms with Crippen LogP contribution in [0, 0.1) is 0 Å². The highest BCUT2D eigenvalue weighted by molar-refractivity contribution is 5.79. The van der Waals surface area contributed by atoms with Crippen LogP contribution in [0.3, 0.4) is 0 Å². The molecule has 0 heterocycles. The van der Waals surface area contributed by atoms with Crippen molar-refractivity contribution in [2.45, 2.75) is 25.7 Å². The van der Waals surface area contributed by atoms with Gasteiger partial charge in [0, 0.05) is 17.1 Å². The van der Waals surface area contributed by atoms with Gasteiger partial charge < -0.3 is 4.90 Å². The van der Waals surface area contributed by atoms with Gasteiger partial charge in [-0.3, -0.25) is 0 Å². The molecule has 0 fully saturated rings. The molecule has 0 unspecified atom stereocenters. The Labute approximate surface area is 184 Å². The van der Waals surface area contributed by atoms with Gasteiger partial charge in [0.1, 0.15) is 0 Å². The van der Waals surface area contributed by atoms with Gasteiger partial charge >= 0.3 is 0 Å². The maximum atomic E-state index is 3.85. The molecule has 150 valence electrons. The Kier molecular flexibility index (Phi) is 4.28. The summed E-state index contributed by atoms with van der Waals surface area (Å²) in [6, 6.07) is 31.4. The van der Waals surface area contributed by atoms with E-state index in [1.54, 1.807) is 0 Å². The number of fused-ring (bicyclic) bond motifs is 2. The van der Waals surface area contributed by atoms with Gasteiger partial charge in [-0.2, -0.15) is 0 Å². The van der Waals surface area contributed by atoms with E-state index in [0.717, 1.165) is 5.56 Å². The third kappa shape index (κ3) is 3.18. The summed E-state index contributed by atoms with van der Waals surface area (Å²) in [5, 5.41) is 0. The highest BCUT2D eigenvalue weighted by atomic mass is 15.1. The molecule has 6 rings (SSSR count). The van der Waals surface area contributed by atoms with Crippen LogP contribution >= 0.6 is 0 Å². The Bertz CT molecular complexity index is 1220. The second-order valence-electron chi connectivity index (χ2n) is 8.61. The van der Waals surface area contributed by atoms with Gasteiger partial charge in [-0.15, -0.1) is 0 Å². The number of benzene rings is 4. The van der Waals surface area contributed by atoms with Crippen molar-refractivity contribution in [1.82, 2.24) is 0 Å². The minimum atomic E-state index is 1.15. The van der Waals surface area contributed by atoms with E-state index in [1.807, 2.05) is 6.08 Å². The Morgan fingerprint density at radius 3 is 1.39 bits per heavy atom. The quantitative estimate of drug-likeness (QED) is 0.333. The van der Waals surface area contributed by atoms with Gasteiger partial charge in [-0.05, 0) is 101 Å². The van der Waals surface area contributed by atoms with Crippen LogP contribution in [0.4, 0.5) is 17.1 Å². The third-order valence-electron chi connectivity index (χ3n) is 6.83. The minimum absolute atomic E-state index is 1.15. The standard InChI is InChI=1S/C30H25N/c1-2-21-3-5-22(6-4-21)23-11-15-28(16-12-23)31(29-17-13-24-7-9-26(24)19-29)30-18-14-25-8-10-27(25)20-30/h2-6,11-20H,1,7-10H2. The molecule has 0 radical (unpaired) electrons. The average Bonchev–Trinajstić information content (AvgIpc) is 2.78. The van der Waals surface area contributed by atoms with Crippen molar-refractivity contribution < 1.29 is 0 Å². The lowest BCUT2D eigenvalue weighted by atomic mass is 9.87. The molecule has 1 nitrogen and oxygen atoms in total. The maximum Gasteiger partial charge on any atom is 0.0464 e. The fourth-order valence-electron chi connectivity index (χ4n) is 4.70. The Morgan fingerprint density at radius 2 is 0.968 bits per heavy atom. The Hall–Kier alpha value is -3.58. The summed E-state index contributed by atoms with van der Waals surface area (Å²) in [4.78, 5) is 2.40. The SMILES string of the molecule is C=Cc1ccc(-c2ccc(N(c3ccc4c(c3)CC4)c3ccc4c(c3)CC4)cc2)cc1. The molecular formula is C30H25N. The first-order valence-electron chi connectivity index (χ1n) is 11.2. The average molecular weight is 400 g/mol. The van der Waals surface area contributed by atoms with Crippen LogP contribution < -0.4 is 4.90 Å². The molecule has 4 aromatic rings. The molecular weight excluding hydrogens is 374 g/mol. The number of hydrogen-bond acceptors (Lipinski definition) is 1. The number of hydrogen-bond donors (Lipinski definition) is 0. The number of rotatable bonds is 5. The van der Waals surface area contributed by atoms with E-state index >= 15 is 0 Å². The molecule has 4 aromatic carbocycles. The lowest BCUT2D eigenvalue weighted by molar-refractivity contribution is 0.836. The topological polar surface area (TPSA) is 3.24 Å². The van der Waals surface area contributed by atoms with Crippen molar-refractivity contribution >= 4 is 23.1 Å². The van der Waals surface area contributed by atoms with E-state index in [-0.39, 0.29) is 0 Å². The Morgan fingerprint density at radius 1 is 0.516 bits per heavy atom. The van der Waals surface area contributed by atoms with E-state index in [4.69, 9.17) is 0 Å². The summed E-state index contributed by atoms with van der Waals surface area (Å²) in [7, 11) is 0. The van der Waals surface area contributed by atoms with Gasteiger partial charge in [-0.1, -0.05) is 61.2 Å². The zero-order valence-electron chi connectivity index (χ0n) is 17.6. The lowest BCUT2D eigenvalue weighted by Gasteiger charge is -2.30. The van der Waals surface area contributed by atoms with E-state index in [0.29, 0.717) is 0 Å². The largest absolute Gasteiger partial charge is 0.310 e. The van der Waals surface area contributed by atoms with E-state index in [9.17, 15) is 0 Å². The summed E-state index contributed by atoms with van der Waals surface area (Å²) < 4.78 is 0. The zero-order chi connectivity index (χ0) is 20.8. The van der Waals surface area contributed by atoms with Crippen LogP contribution in [0.1, 0.15) is 27.8 Å². The van der Waals surface area contributed by atoms with Gasteiger partial charge in [0.2, 0.25) is 0 Å². The van der Waals surface area contributed by atoms with Crippen molar-refractivity contribution in [1.29, 1.82) is 0 Å². The molecule has 1 heteroatoms. The predicted molar refractivity (Wildman–Crippen MR) is 131 cm³/mol. The summed E-state index contributed by atoms with van der Waals surface area (Å²) in [6.45, 7) is 3.85. The molecule has 0 aromatic heterocycles. The Balaban J connectivity index is 1.40. The van der Waals surface area contributed by atoms with Crippen molar-refractivity contribution in [3.8, 4) is 11.1 Å². The normalized spacial score (nSPS) is 13.4. The number of nitrogens with zero attached hydrogens (tertiary/aromatic N) is 1. The molecule has 0 amide bonds. The molecule has 0 atom stereocenters. The molecule has 0 N–H and O–H groups in total. The fourth-order valence-corrected chi connectivity index (χ4v) is 4.70. The van der Waals surface area contributed by atoms with Gasteiger partial charge in [-0.25, -0.2) is 0 Å². The van der Waals surface area contributed by atoms with Crippen molar-refractivity contribution in [2.75, 3.05) is 4.90 Å². The molecule has 0 bridgehead atoms. The minimum Gasteiger partial charge on any atom is -0.310 e. The molecule has 0 spiro atoms. The van der Waals surface area contributed by atoms with Crippen molar-refractivity contribution in [3.63, 3.8) is 0 Å². The molecule has 2 aliphatic rings. The maximum absolute atomic E-state index is 3.85. The first-order valence-corrected chi connectivity index (χ1v) is 11.2. The van der Waals surface area contributed by atoms with E-state index < -0.39 is 0 Å². The summed E-state index contributed by atoms with van der Waals surface area (Å²) in [5.74, 6) is 0.